The van der Waals surface area contributed by atoms with Crippen molar-refractivity contribution in [3.63, 3.8) is 0 Å². The van der Waals surface area contributed by atoms with Gasteiger partial charge in [-0.2, -0.15) is 0 Å². The van der Waals surface area contributed by atoms with Crippen LogP contribution in [0.5, 0.6) is 0 Å². The second kappa shape index (κ2) is 4.84. The molecule has 0 aromatic rings. The zero-order valence-electron chi connectivity index (χ0n) is 15.7. The van der Waals surface area contributed by atoms with Crippen LogP contribution in [0.3, 0.4) is 0 Å². The van der Waals surface area contributed by atoms with Crippen LogP contribution >= 0.6 is 0 Å². The van der Waals surface area contributed by atoms with Crippen molar-refractivity contribution < 1.29 is 9.90 Å². The van der Waals surface area contributed by atoms with Gasteiger partial charge in [0.25, 0.3) is 0 Å². The molecule has 3 aliphatic carbocycles. The maximum absolute atomic E-state index is 11.8. The molecule has 0 saturated heterocycles. The van der Waals surface area contributed by atoms with E-state index < -0.39 is 5.60 Å². The third-order valence-corrected chi connectivity index (χ3v) is 6.09. The number of carbonyl (C=O) groups is 1. The standard InChI is InChI=1S/C20H33NO2/c1-13(22)21-15-9-17(2,3)7-14-8-19(6)10-18(4,5)11-20(23,12-19)16(14)15/h15,23H,7-12H2,1-6H3,(H,21,22). The van der Waals surface area contributed by atoms with Crippen LogP contribution in [0.25, 0.3) is 0 Å². The van der Waals surface area contributed by atoms with E-state index in [1.165, 1.54) is 12.0 Å². The number of amides is 1. The molecule has 1 fully saturated rings. The lowest BCUT2D eigenvalue weighted by Gasteiger charge is -2.59. The van der Waals surface area contributed by atoms with Crippen LogP contribution in [0.1, 0.15) is 80.1 Å². The van der Waals surface area contributed by atoms with Gasteiger partial charge in [0.1, 0.15) is 0 Å². The predicted octanol–water partition coefficient (Wildman–Crippen LogP) is 3.96. The summed E-state index contributed by atoms with van der Waals surface area (Å²) >= 11 is 0. The molecule has 0 aromatic heterocycles. The minimum atomic E-state index is -0.742. The van der Waals surface area contributed by atoms with Gasteiger partial charge in [-0.1, -0.05) is 40.2 Å². The summed E-state index contributed by atoms with van der Waals surface area (Å²) in [5.41, 5.74) is 2.36. The highest BCUT2D eigenvalue weighted by molar-refractivity contribution is 5.74. The molecule has 3 rings (SSSR count). The summed E-state index contributed by atoms with van der Waals surface area (Å²) in [5.74, 6) is 0.00607. The van der Waals surface area contributed by atoms with Crippen LogP contribution in [-0.4, -0.2) is 22.7 Å². The quantitative estimate of drug-likeness (QED) is 0.719. The summed E-state index contributed by atoms with van der Waals surface area (Å²) in [5, 5.41) is 14.8. The van der Waals surface area contributed by atoms with Crippen molar-refractivity contribution in [1.82, 2.24) is 5.32 Å². The topological polar surface area (TPSA) is 49.3 Å². The Morgan fingerprint density at radius 1 is 1.04 bits per heavy atom. The molecule has 0 radical (unpaired) electrons. The van der Waals surface area contributed by atoms with Crippen LogP contribution in [0, 0.1) is 16.2 Å². The minimum Gasteiger partial charge on any atom is -0.385 e. The largest absolute Gasteiger partial charge is 0.385 e. The van der Waals surface area contributed by atoms with E-state index in [2.05, 4.69) is 39.9 Å². The highest BCUT2D eigenvalue weighted by Crippen LogP contribution is 2.62. The van der Waals surface area contributed by atoms with Gasteiger partial charge < -0.3 is 10.4 Å². The first-order valence-electron chi connectivity index (χ1n) is 9.05. The number of hydrogen-bond donors (Lipinski definition) is 2. The number of rotatable bonds is 1. The van der Waals surface area contributed by atoms with E-state index in [0.717, 1.165) is 37.7 Å². The Balaban J connectivity index is 2.09. The van der Waals surface area contributed by atoms with Crippen molar-refractivity contribution in [2.24, 2.45) is 16.2 Å². The minimum absolute atomic E-state index is 0.00491. The molecule has 0 aliphatic heterocycles. The SMILES string of the molecule is CC(=O)NC1CC(C)(C)CC2=C1C1(O)CC(C)(C)CC(C)(C2)C1. The molecule has 1 amide bonds. The van der Waals surface area contributed by atoms with Gasteiger partial charge in [-0.05, 0) is 60.3 Å². The Kier molecular flexibility index (Phi) is 3.58. The van der Waals surface area contributed by atoms with Crippen molar-refractivity contribution in [1.29, 1.82) is 0 Å². The van der Waals surface area contributed by atoms with Gasteiger partial charge in [0, 0.05) is 6.92 Å². The van der Waals surface area contributed by atoms with Crippen LogP contribution in [-0.2, 0) is 4.79 Å². The molecule has 2 N–H and O–H groups in total. The second-order valence-electron chi connectivity index (χ2n) is 10.5. The van der Waals surface area contributed by atoms with E-state index in [-0.39, 0.29) is 28.2 Å². The lowest BCUT2D eigenvalue weighted by Crippen LogP contribution is -2.58. The lowest BCUT2D eigenvalue weighted by atomic mass is 9.49. The van der Waals surface area contributed by atoms with Crippen LogP contribution in [0.4, 0.5) is 0 Å². The van der Waals surface area contributed by atoms with Crippen LogP contribution < -0.4 is 5.32 Å². The van der Waals surface area contributed by atoms with E-state index in [4.69, 9.17) is 0 Å². The fourth-order valence-corrected chi connectivity index (χ4v) is 6.50. The third kappa shape index (κ3) is 3.09. The highest BCUT2D eigenvalue weighted by Gasteiger charge is 2.57. The zero-order chi connectivity index (χ0) is 17.3. The number of allylic oxidation sites excluding steroid dienone is 1. The molecule has 0 spiro atoms. The average molecular weight is 319 g/mol. The first kappa shape index (κ1) is 17.0. The van der Waals surface area contributed by atoms with Crippen molar-refractivity contribution in [3.8, 4) is 0 Å². The highest BCUT2D eigenvalue weighted by atomic mass is 16.3. The number of carbonyl (C=O) groups excluding carboxylic acids is 1. The summed E-state index contributed by atoms with van der Waals surface area (Å²) < 4.78 is 0. The Labute approximate surface area is 140 Å². The summed E-state index contributed by atoms with van der Waals surface area (Å²) in [6, 6.07) is -0.00491. The zero-order valence-corrected chi connectivity index (χ0v) is 15.7. The average Bonchev–Trinajstić information content (AvgIpc) is 2.18. The fourth-order valence-electron chi connectivity index (χ4n) is 6.50. The fraction of sp³-hybridized carbons (Fsp3) is 0.850. The van der Waals surface area contributed by atoms with Gasteiger partial charge in [0.05, 0.1) is 11.6 Å². The third-order valence-electron chi connectivity index (χ3n) is 6.09. The number of fused-ring (bicyclic) bond motifs is 3. The van der Waals surface area contributed by atoms with Crippen molar-refractivity contribution >= 4 is 5.91 Å². The van der Waals surface area contributed by atoms with E-state index in [1.807, 2.05) is 0 Å². The second-order valence-corrected chi connectivity index (χ2v) is 10.5. The number of nitrogens with one attached hydrogen (secondary N) is 1. The van der Waals surface area contributed by atoms with E-state index in [0.29, 0.717) is 0 Å². The van der Waals surface area contributed by atoms with Crippen molar-refractivity contribution in [3.05, 3.63) is 11.1 Å². The number of aliphatic hydroxyl groups is 1. The van der Waals surface area contributed by atoms with Gasteiger partial charge in [-0.15, -0.1) is 0 Å². The van der Waals surface area contributed by atoms with Gasteiger partial charge in [-0.3, -0.25) is 4.79 Å². The maximum Gasteiger partial charge on any atom is 0.217 e. The monoisotopic (exact) mass is 319 g/mol. The molecule has 0 aromatic carbocycles. The van der Waals surface area contributed by atoms with Gasteiger partial charge in [0.2, 0.25) is 5.91 Å². The summed E-state index contributed by atoms with van der Waals surface area (Å²) in [7, 11) is 0. The lowest BCUT2D eigenvalue weighted by molar-refractivity contribution is -0.120. The Morgan fingerprint density at radius 2 is 1.70 bits per heavy atom. The first-order chi connectivity index (χ1) is 10.3. The van der Waals surface area contributed by atoms with E-state index >= 15 is 0 Å². The normalized spacial score (nSPS) is 41.3. The number of hydrogen-bond acceptors (Lipinski definition) is 2. The smallest absolute Gasteiger partial charge is 0.217 e. The van der Waals surface area contributed by atoms with Crippen LogP contribution in [0.15, 0.2) is 11.1 Å². The molecule has 3 atom stereocenters. The molecule has 2 bridgehead atoms. The molecule has 0 heterocycles. The van der Waals surface area contributed by atoms with Gasteiger partial charge in [0.15, 0.2) is 0 Å². The summed E-state index contributed by atoms with van der Waals surface area (Å²) in [6.45, 7) is 13.1. The Morgan fingerprint density at radius 3 is 2.30 bits per heavy atom. The van der Waals surface area contributed by atoms with Crippen molar-refractivity contribution in [2.75, 3.05) is 0 Å². The van der Waals surface area contributed by atoms with E-state index in [9.17, 15) is 9.90 Å². The molecule has 3 aliphatic rings. The molecular formula is C20H33NO2. The molecule has 23 heavy (non-hydrogen) atoms. The van der Waals surface area contributed by atoms with Gasteiger partial charge >= 0.3 is 0 Å². The van der Waals surface area contributed by atoms with Crippen molar-refractivity contribution in [2.45, 2.75) is 91.7 Å². The molecule has 130 valence electrons. The molecule has 3 heteroatoms. The Bertz CT molecular complexity index is 574. The molecular weight excluding hydrogens is 286 g/mol. The van der Waals surface area contributed by atoms with E-state index in [1.54, 1.807) is 6.92 Å². The predicted molar refractivity (Wildman–Crippen MR) is 93.0 cm³/mol. The maximum atomic E-state index is 11.8. The first-order valence-corrected chi connectivity index (χ1v) is 9.05. The molecule has 3 unspecified atom stereocenters. The summed E-state index contributed by atoms with van der Waals surface area (Å²) in [4.78, 5) is 11.8. The summed E-state index contributed by atoms with van der Waals surface area (Å²) in [6.07, 6.45) is 5.88. The Hall–Kier alpha value is -0.830. The molecule has 1 saturated carbocycles. The van der Waals surface area contributed by atoms with Gasteiger partial charge in [-0.25, -0.2) is 0 Å². The molecule has 3 nitrogen and oxygen atoms in total. The van der Waals surface area contributed by atoms with Crippen LogP contribution in [0.2, 0.25) is 0 Å².